The molecule has 0 aliphatic heterocycles. The first-order valence-electron chi connectivity index (χ1n) is 12.2. The van der Waals surface area contributed by atoms with Gasteiger partial charge in [-0.1, -0.05) is 5.16 Å². The van der Waals surface area contributed by atoms with Gasteiger partial charge in [0.05, 0.1) is 18.3 Å². The van der Waals surface area contributed by atoms with Crippen LogP contribution in [0.15, 0.2) is 62.8 Å². The van der Waals surface area contributed by atoms with Crippen molar-refractivity contribution in [1.29, 1.82) is 0 Å². The Morgan fingerprint density at radius 3 is 2.45 bits per heavy atom. The Kier molecular flexibility index (Phi) is 8.85. The molecule has 0 atom stereocenters. The minimum Gasteiger partial charge on any atom is -0.493 e. The van der Waals surface area contributed by atoms with Crippen LogP contribution in [0, 0.1) is 13.8 Å². The highest BCUT2D eigenvalue weighted by atomic mass is 32.2. The zero-order valence-corrected chi connectivity index (χ0v) is 23.9. The molecule has 0 fully saturated rings. The van der Waals surface area contributed by atoms with Crippen LogP contribution in [-0.2, 0) is 16.4 Å². The number of amides is 2. The summed E-state index contributed by atoms with van der Waals surface area (Å²) in [6.07, 6.45) is 1.77. The van der Waals surface area contributed by atoms with Gasteiger partial charge in [0.1, 0.15) is 23.0 Å². The van der Waals surface area contributed by atoms with Crippen molar-refractivity contribution in [2.75, 3.05) is 11.9 Å². The molecular weight excluding hydrogens is 556 g/mol. The van der Waals surface area contributed by atoms with Crippen LogP contribution >= 0.6 is 11.3 Å². The summed E-state index contributed by atoms with van der Waals surface area (Å²) in [4.78, 5) is 29.5. The second kappa shape index (κ2) is 12.3. The molecule has 0 saturated carbocycles. The van der Waals surface area contributed by atoms with Gasteiger partial charge in [0.15, 0.2) is 10.7 Å². The van der Waals surface area contributed by atoms with E-state index in [1.165, 1.54) is 31.5 Å². The molecule has 2 N–H and O–H groups in total. The van der Waals surface area contributed by atoms with Crippen LogP contribution in [0.1, 0.15) is 51.6 Å². The number of nitrogens with one attached hydrogen (secondary N) is 2. The number of thiophene rings is 1. The number of nitrogens with zero attached hydrogens (tertiary/aromatic N) is 2. The average Bonchev–Trinajstić information content (AvgIpc) is 3.53. The Morgan fingerprint density at radius 1 is 1.05 bits per heavy atom. The fourth-order valence-electron chi connectivity index (χ4n) is 3.73. The lowest BCUT2D eigenvalue weighted by Crippen LogP contribution is -2.31. The van der Waals surface area contributed by atoms with Gasteiger partial charge in [-0.25, -0.2) is 18.1 Å². The van der Waals surface area contributed by atoms with Crippen LogP contribution in [0.3, 0.4) is 0 Å². The van der Waals surface area contributed by atoms with Crippen LogP contribution < -0.4 is 19.5 Å². The van der Waals surface area contributed by atoms with E-state index in [4.69, 9.17) is 14.0 Å². The summed E-state index contributed by atoms with van der Waals surface area (Å²) in [5.74, 6) is -0.181. The van der Waals surface area contributed by atoms with Crippen molar-refractivity contribution in [2.24, 2.45) is 0 Å². The fraction of sp³-hybridized carbons (Fsp3) is 0.259. The third-order valence-corrected chi connectivity index (χ3v) is 7.79. The highest BCUT2D eigenvalue weighted by molar-refractivity contribution is 7.90. The predicted molar refractivity (Wildman–Crippen MR) is 149 cm³/mol. The summed E-state index contributed by atoms with van der Waals surface area (Å²) < 4.78 is 43.8. The van der Waals surface area contributed by atoms with Gasteiger partial charge < -0.3 is 19.3 Å². The lowest BCUT2D eigenvalue weighted by atomic mass is 10.1. The van der Waals surface area contributed by atoms with E-state index in [1.54, 1.807) is 29.5 Å². The van der Waals surface area contributed by atoms with E-state index >= 15 is 0 Å². The number of pyridine rings is 1. The first-order chi connectivity index (χ1) is 19.0. The maximum atomic E-state index is 13.0. The molecule has 0 aliphatic carbocycles. The second-order valence-corrected chi connectivity index (χ2v) is 11.5. The molecule has 3 heterocycles. The van der Waals surface area contributed by atoms with Crippen LogP contribution in [0.2, 0.25) is 0 Å². The van der Waals surface area contributed by atoms with Crippen molar-refractivity contribution >= 4 is 39.0 Å². The first kappa shape index (κ1) is 28.8. The largest absolute Gasteiger partial charge is 0.493 e. The molecule has 4 aromatic rings. The van der Waals surface area contributed by atoms with Gasteiger partial charge in [0.2, 0.25) is 0 Å². The molecule has 3 aromatic heterocycles. The Bertz CT molecular complexity index is 1580. The van der Waals surface area contributed by atoms with Gasteiger partial charge in [-0.3, -0.25) is 9.59 Å². The van der Waals surface area contributed by atoms with E-state index in [9.17, 15) is 18.0 Å². The lowest BCUT2D eigenvalue weighted by molar-refractivity contribution is 0.0980. The van der Waals surface area contributed by atoms with Crippen molar-refractivity contribution in [3.8, 4) is 11.5 Å². The molecule has 0 saturated heterocycles. The second-order valence-electron chi connectivity index (χ2n) is 9.06. The summed E-state index contributed by atoms with van der Waals surface area (Å²) in [7, 11) is -4.20. The first-order valence-corrected chi connectivity index (χ1v) is 14.7. The van der Waals surface area contributed by atoms with Crippen molar-refractivity contribution in [2.45, 2.75) is 45.1 Å². The van der Waals surface area contributed by atoms with E-state index in [1.807, 2.05) is 30.0 Å². The molecule has 210 valence electrons. The smallest absolute Gasteiger partial charge is 0.269 e. The third-order valence-electron chi connectivity index (χ3n) is 5.48. The van der Waals surface area contributed by atoms with Crippen LogP contribution in [0.4, 0.5) is 5.82 Å². The van der Waals surface area contributed by atoms with E-state index in [0.29, 0.717) is 18.1 Å². The molecular formula is C27H28N4O7S2. The molecule has 11 nitrogen and oxygen atoms in total. The number of aryl methyl sites for hydroxylation is 2. The molecule has 0 unspecified atom stereocenters. The topological polar surface area (TPSA) is 150 Å². The zero-order valence-electron chi connectivity index (χ0n) is 22.3. The molecule has 13 heteroatoms. The summed E-state index contributed by atoms with van der Waals surface area (Å²) in [5, 5.41) is 10.3. The van der Waals surface area contributed by atoms with Crippen LogP contribution in [-0.4, -0.2) is 43.1 Å². The van der Waals surface area contributed by atoms with Gasteiger partial charge in [0.25, 0.3) is 21.8 Å². The van der Waals surface area contributed by atoms with Crippen LogP contribution in [0.5, 0.6) is 11.5 Å². The molecule has 1 aromatic carbocycles. The minimum atomic E-state index is -4.20. The number of benzene rings is 1. The number of ether oxygens (including phenoxy) is 2. The van der Waals surface area contributed by atoms with E-state index < -0.39 is 21.8 Å². The van der Waals surface area contributed by atoms with Crippen molar-refractivity contribution in [3.63, 3.8) is 0 Å². The molecule has 2 amide bonds. The van der Waals surface area contributed by atoms with Gasteiger partial charge in [-0.05, 0) is 74.4 Å². The van der Waals surface area contributed by atoms with Crippen molar-refractivity contribution in [3.05, 3.63) is 81.5 Å². The Balaban J connectivity index is 1.43. The maximum Gasteiger partial charge on any atom is 0.269 e. The number of aromatic nitrogens is 2. The summed E-state index contributed by atoms with van der Waals surface area (Å²) in [6, 6.07) is 9.71. The fourth-order valence-corrected chi connectivity index (χ4v) is 5.74. The minimum absolute atomic E-state index is 0.0260. The van der Waals surface area contributed by atoms with Crippen molar-refractivity contribution in [1.82, 2.24) is 14.9 Å². The number of hydrogen-bond acceptors (Lipinski definition) is 10. The SMILES string of the molecule is Cc1noc(C)c1S(=O)(=O)NC(=O)c1ccc(NC(=O)c2cc(OCCc3ccsc3)cc(OC(C)C)c2)nc1. The van der Waals surface area contributed by atoms with Gasteiger partial charge in [-0.15, -0.1) is 0 Å². The van der Waals surface area contributed by atoms with Gasteiger partial charge in [-0.2, -0.15) is 11.3 Å². The van der Waals surface area contributed by atoms with Crippen LogP contribution in [0.25, 0.3) is 0 Å². The highest BCUT2D eigenvalue weighted by Crippen LogP contribution is 2.25. The molecule has 0 radical (unpaired) electrons. The Labute approximate surface area is 235 Å². The molecule has 0 aliphatic rings. The standard InChI is InChI=1S/C27H28N4O7S2/c1-16(2)37-23-12-21(11-22(13-23)36-9-7-19-8-10-39-15-19)26(32)29-24-6-5-20(14-28-24)27(33)31-40(34,35)25-17(3)30-38-18(25)4/h5-6,8,10-16H,7,9H2,1-4H3,(H,31,33)(H,28,29,32). The summed E-state index contributed by atoms with van der Waals surface area (Å²) in [6.45, 7) is 7.08. The molecule has 0 bridgehead atoms. The molecule has 4 rings (SSSR count). The number of carbonyl (C=O) groups excluding carboxylic acids is 2. The summed E-state index contributed by atoms with van der Waals surface area (Å²) >= 11 is 1.62. The molecule has 40 heavy (non-hydrogen) atoms. The number of rotatable bonds is 11. The Hall–Kier alpha value is -4.23. The van der Waals surface area contributed by atoms with Gasteiger partial charge in [0, 0.05) is 24.2 Å². The quantitative estimate of drug-likeness (QED) is 0.259. The number of sulfonamides is 1. The number of carbonyl (C=O) groups is 2. The average molecular weight is 585 g/mol. The number of anilines is 1. The van der Waals surface area contributed by atoms with Crippen molar-refractivity contribution < 1.29 is 32.0 Å². The normalized spacial score (nSPS) is 11.3. The van der Waals surface area contributed by atoms with Gasteiger partial charge >= 0.3 is 0 Å². The third kappa shape index (κ3) is 7.24. The summed E-state index contributed by atoms with van der Waals surface area (Å²) in [5.41, 5.74) is 1.56. The van der Waals surface area contributed by atoms with E-state index in [0.717, 1.165) is 12.6 Å². The highest BCUT2D eigenvalue weighted by Gasteiger charge is 2.26. The number of hydrogen-bond donors (Lipinski definition) is 2. The van der Waals surface area contributed by atoms with E-state index in [2.05, 4.69) is 20.8 Å². The van der Waals surface area contributed by atoms with E-state index in [-0.39, 0.29) is 39.4 Å². The monoisotopic (exact) mass is 584 g/mol. The Morgan fingerprint density at radius 2 is 1.82 bits per heavy atom. The predicted octanol–water partition coefficient (Wildman–Crippen LogP) is 4.53. The maximum absolute atomic E-state index is 13.0. The zero-order chi connectivity index (χ0) is 28.9. The molecule has 0 spiro atoms. The lowest BCUT2D eigenvalue weighted by Gasteiger charge is -2.14.